The van der Waals surface area contributed by atoms with Crippen LogP contribution in [0.4, 0.5) is 4.39 Å². The van der Waals surface area contributed by atoms with Crippen molar-refractivity contribution in [2.24, 2.45) is 0 Å². The lowest BCUT2D eigenvalue weighted by atomic mass is 10.0. The van der Waals surface area contributed by atoms with E-state index in [1.165, 1.54) is 6.07 Å². The minimum atomic E-state index is -0.438. The van der Waals surface area contributed by atoms with Crippen molar-refractivity contribution in [1.82, 2.24) is 5.32 Å². The predicted molar refractivity (Wildman–Crippen MR) is 81.0 cm³/mol. The van der Waals surface area contributed by atoms with Crippen LogP contribution < -0.4 is 10.1 Å². The van der Waals surface area contributed by atoms with Gasteiger partial charge in [-0.25, -0.2) is 4.39 Å². The Hall–Kier alpha value is -2.07. The molecule has 0 aliphatic carbocycles. The van der Waals surface area contributed by atoms with Crippen LogP contribution in [0.2, 0.25) is 0 Å². The van der Waals surface area contributed by atoms with Crippen LogP contribution in [0.25, 0.3) is 0 Å². The number of hydrogen-bond donors (Lipinski definition) is 2. The molecule has 2 aromatic rings. The van der Waals surface area contributed by atoms with Crippen molar-refractivity contribution in [2.45, 2.75) is 25.9 Å². The molecule has 0 aromatic heterocycles. The van der Waals surface area contributed by atoms with Crippen molar-refractivity contribution >= 4 is 0 Å². The maximum Gasteiger partial charge on any atom is 0.126 e. The van der Waals surface area contributed by atoms with E-state index in [1.807, 2.05) is 38.1 Å². The van der Waals surface area contributed by atoms with Gasteiger partial charge in [-0.05, 0) is 37.6 Å². The van der Waals surface area contributed by atoms with Gasteiger partial charge in [0, 0.05) is 23.7 Å². The fraction of sp³-hybridized carbons (Fsp3) is 0.294. The van der Waals surface area contributed by atoms with E-state index in [4.69, 9.17) is 4.74 Å². The molecule has 21 heavy (non-hydrogen) atoms. The Morgan fingerprint density at radius 2 is 1.71 bits per heavy atom. The maximum atomic E-state index is 13.0. The zero-order chi connectivity index (χ0) is 15.4. The van der Waals surface area contributed by atoms with Crippen molar-refractivity contribution < 1.29 is 14.2 Å². The lowest BCUT2D eigenvalue weighted by Gasteiger charge is -2.21. The van der Waals surface area contributed by atoms with Gasteiger partial charge in [0.2, 0.25) is 0 Å². The van der Waals surface area contributed by atoms with Crippen LogP contribution in [0.5, 0.6) is 11.5 Å². The van der Waals surface area contributed by atoms with Gasteiger partial charge in [-0.1, -0.05) is 18.2 Å². The van der Waals surface area contributed by atoms with Crippen LogP contribution in [-0.2, 0) is 0 Å². The number of methoxy groups -OCH3 is 1. The van der Waals surface area contributed by atoms with Crippen LogP contribution in [0, 0.1) is 5.82 Å². The van der Waals surface area contributed by atoms with E-state index in [2.05, 4.69) is 5.32 Å². The Balaban J connectivity index is 2.08. The monoisotopic (exact) mass is 289 g/mol. The average molecular weight is 289 g/mol. The Bertz CT molecular complexity index is 598. The van der Waals surface area contributed by atoms with Gasteiger partial charge in [0.1, 0.15) is 17.3 Å². The third-order valence-electron chi connectivity index (χ3n) is 3.57. The summed E-state index contributed by atoms with van der Waals surface area (Å²) in [6, 6.07) is 11.9. The summed E-state index contributed by atoms with van der Waals surface area (Å²) in [5.74, 6) is 0.346. The van der Waals surface area contributed by atoms with Gasteiger partial charge < -0.3 is 15.2 Å². The van der Waals surface area contributed by atoms with E-state index in [1.54, 1.807) is 13.2 Å². The number of aromatic hydroxyl groups is 1. The van der Waals surface area contributed by atoms with Crippen LogP contribution in [-0.4, -0.2) is 12.2 Å². The topological polar surface area (TPSA) is 41.5 Å². The van der Waals surface area contributed by atoms with E-state index < -0.39 is 5.82 Å². The summed E-state index contributed by atoms with van der Waals surface area (Å²) >= 11 is 0. The average Bonchev–Trinajstić information content (AvgIpc) is 2.47. The molecule has 4 heteroatoms. The van der Waals surface area contributed by atoms with Gasteiger partial charge in [0.05, 0.1) is 7.11 Å². The normalized spacial score (nSPS) is 13.7. The van der Waals surface area contributed by atoms with Crippen LogP contribution in [0.15, 0.2) is 42.5 Å². The first-order valence-corrected chi connectivity index (χ1v) is 6.89. The number of nitrogens with one attached hydrogen (secondary N) is 1. The molecule has 112 valence electrons. The third-order valence-corrected chi connectivity index (χ3v) is 3.57. The molecule has 0 spiro atoms. The fourth-order valence-corrected chi connectivity index (χ4v) is 2.34. The molecule has 0 radical (unpaired) electrons. The van der Waals surface area contributed by atoms with Crippen molar-refractivity contribution in [1.29, 1.82) is 0 Å². The number of ether oxygens (including phenoxy) is 1. The molecule has 2 atom stereocenters. The molecule has 0 saturated heterocycles. The van der Waals surface area contributed by atoms with Gasteiger partial charge in [0.15, 0.2) is 0 Å². The number of hydrogen-bond acceptors (Lipinski definition) is 3. The molecule has 0 aliphatic rings. The second kappa shape index (κ2) is 6.59. The van der Waals surface area contributed by atoms with Crippen LogP contribution in [0.1, 0.15) is 37.1 Å². The molecule has 0 amide bonds. The number of benzene rings is 2. The second-order valence-corrected chi connectivity index (χ2v) is 5.09. The summed E-state index contributed by atoms with van der Waals surface area (Å²) in [6.45, 7) is 3.98. The zero-order valence-electron chi connectivity index (χ0n) is 12.4. The second-order valence-electron chi connectivity index (χ2n) is 5.09. The fourth-order valence-electron chi connectivity index (χ4n) is 2.34. The minimum Gasteiger partial charge on any atom is -0.508 e. The first-order chi connectivity index (χ1) is 10.0. The third kappa shape index (κ3) is 3.73. The van der Waals surface area contributed by atoms with Crippen molar-refractivity contribution in [3.05, 3.63) is 59.4 Å². The zero-order valence-corrected chi connectivity index (χ0v) is 12.4. The van der Waals surface area contributed by atoms with Gasteiger partial charge in [0.25, 0.3) is 0 Å². The number of halogens is 1. The highest BCUT2D eigenvalue weighted by Crippen LogP contribution is 2.27. The van der Waals surface area contributed by atoms with Crippen molar-refractivity contribution in [3.63, 3.8) is 0 Å². The first-order valence-electron chi connectivity index (χ1n) is 6.89. The highest BCUT2D eigenvalue weighted by molar-refractivity contribution is 5.35. The Kier molecular flexibility index (Phi) is 4.81. The molecule has 0 saturated carbocycles. The number of phenols is 1. The summed E-state index contributed by atoms with van der Waals surface area (Å²) < 4.78 is 18.2. The first kappa shape index (κ1) is 15.3. The molecular weight excluding hydrogens is 269 g/mol. The quantitative estimate of drug-likeness (QED) is 0.875. The van der Waals surface area contributed by atoms with E-state index in [9.17, 15) is 9.50 Å². The molecule has 2 rings (SSSR count). The van der Waals surface area contributed by atoms with E-state index in [0.717, 1.165) is 17.4 Å². The minimum absolute atomic E-state index is 0.0306. The molecule has 0 fully saturated rings. The smallest absolute Gasteiger partial charge is 0.126 e. The molecule has 3 nitrogen and oxygen atoms in total. The molecule has 2 aromatic carbocycles. The predicted octanol–water partition coefficient (Wildman–Crippen LogP) is 3.95. The van der Waals surface area contributed by atoms with Crippen molar-refractivity contribution in [3.8, 4) is 11.5 Å². The standard InChI is InChI=1S/C17H20FNO2/c1-11(13-4-7-15(21-3)8-5-13)19-12(2)16-9-6-14(18)10-17(16)20/h4-12,19-20H,1-3H3/t11-,12?/m1/s1. The lowest BCUT2D eigenvalue weighted by molar-refractivity contribution is 0.413. The summed E-state index contributed by atoms with van der Waals surface area (Å²) in [4.78, 5) is 0. The Morgan fingerprint density at radius 1 is 1.05 bits per heavy atom. The van der Waals surface area contributed by atoms with E-state index in [-0.39, 0.29) is 17.8 Å². The summed E-state index contributed by atoms with van der Waals surface area (Å²) in [7, 11) is 1.63. The maximum absolute atomic E-state index is 13.0. The molecule has 2 N–H and O–H groups in total. The van der Waals surface area contributed by atoms with Gasteiger partial charge in [-0.15, -0.1) is 0 Å². The van der Waals surface area contributed by atoms with E-state index in [0.29, 0.717) is 5.56 Å². The molecule has 0 bridgehead atoms. The molecule has 1 unspecified atom stereocenters. The Labute approximate surface area is 124 Å². The van der Waals surface area contributed by atoms with Gasteiger partial charge in [-0.2, -0.15) is 0 Å². The summed E-state index contributed by atoms with van der Waals surface area (Å²) in [5.41, 5.74) is 1.79. The molecule has 0 aliphatic heterocycles. The number of phenolic OH excluding ortho intramolecular Hbond substituents is 1. The molecule has 0 heterocycles. The van der Waals surface area contributed by atoms with Crippen molar-refractivity contribution in [2.75, 3.05) is 7.11 Å². The van der Waals surface area contributed by atoms with Gasteiger partial charge >= 0.3 is 0 Å². The summed E-state index contributed by atoms with van der Waals surface area (Å²) in [6.07, 6.45) is 0. The summed E-state index contributed by atoms with van der Waals surface area (Å²) in [5, 5.41) is 13.2. The van der Waals surface area contributed by atoms with Crippen LogP contribution in [0.3, 0.4) is 0 Å². The highest BCUT2D eigenvalue weighted by Gasteiger charge is 2.14. The SMILES string of the molecule is COc1ccc([C@@H](C)NC(C)c2ccc(F)cc2O)cc1. The highest BCUT2D eigenvalue weighted by atomic mass is 19.1. The molecular formula is C17H20FNO2. The Morgan fingerprint density at radius 3 is 2.29 bits per heavy atom. The van der Waals surface area contributed by atoms with Crippen LogP contribution >= 0.6 is 0 Å². The van der Waals surface area contributed by atoms with E-state index >= 15 is 0 Å². The lowest BCUT2D eigenvalue weighted by Crippen LogP contribution is -2.22. The largest absolute Gasteiger partial charge is 0.508 e. The van der Waals surface area contributed by atoms with Gasteiger partial charge in [-0.3, -0.25) is 0 Å². The number of rotatable bonds is 5.